The molecule has 7 nitrogen and oxygen atoms in total. The van der Waals surface area contributed by atoms with Gasteiger partial charge in [-0.1, -0.05) is 11.6 Å². The molecule has 0 unspecified atom stereocenters. The highest BCUT2D eigenvalue weighted by molar-refractivity contribution is 6.29. The molecule has 0 saturated carbocycles. The molecule has 0 bridgehead atoms. The molecule has 116 valence electrons. The lowest BCUT2D eigenvalue weighted by Crippen LogP contribution is -2.42. The summed E-state index contributed by atoms with van der Waals surface area (Å²) in [6.07, 6.45) is 0.198. The smallest absolute Gasteiger partial charge is 0.251 e. The Balaban J connectivity index is 2.51. The quantitative estimate of drug-likeness (QED) is 0.369. The monoisotopic (exact) mass is 313 g/mol. The molecule has 21 heavy (non-hydrogen) atoms. The van der Waals surface area contributed by atoms with E-state index >= 15 is 0 Å². The van der Waals surface area contributed by atoms with Gasteiger partial charge in [0.1, 0.15) is 11.0 Å². The zero-order chi connectivity index (χ0) is 16.0. The second-order valence-electron chi connectivity index (χ2n) is 5.51. The normalized spacial score (nSPS) is 10.9. The van der Waals surface area contributed by atoms with E-state index in [9.17, 15) is 9.59 Å². The third-order valence-electron chi connectivity index (χ3n) is 2.36. The number of aromatic nitrogens is 1. The molecule has 0 radical (unpaired) electrons. The average Bonchev–Trinajstić information content (AvgIpc) is 2.35. The number of hydrogen-bond donors (Lipinski definition) is 4. The van der Waals surface area contributed by atoms with Crippen molar-refractivity contribution in [2.24, 2.45) is 5.84 Å². The first-order chi connectivity index (χ1) is 9.71. The molecule has 0 aliphatic heterocycles. The maximum atomic E-state index is 11.9. The van der Waals surface area contributed by atoms with Crippen molar-refractivity contribution < 1.29 is 9.59 Å². The predicted octanol–water partition coefficient (Wildman–Crippen LogP) is 1.06. The lowest BCUT2D eigenvalue weighted by atomic mass is 10.1. The summed E-state index contributed by atoms with van der Waals surface area (Å²) in [7, 11) is 0. The van der Waals surface area contributed by atoms with Crippen LogP contribution in [0.2, 0.25) is 5.15 Å². The molecule has 1 heterocycles. The van der Waals surface area contributed by atoms with Gasteiger partial charge in [0.15, 0.2) is 0 Å². The molecule has 0 saturated heterocycles. The van der Waals surface area contributed by atoms with Crippen molar-refractivity contribution in [2.45, 2.75) is 32.7 Å². The molecule has 1 aromatic heterocycles. The second-order valence-corrected chi connectivity index (χ2v) is 5.90. The van der Waals surface area contributed by atoms with E-state index in [4.69, 9.17) is 17.4 Å². The summed E-state index contributed by atoms with van der Waals surface area (Å²) < 4.78 is 0. The highest BCUT2D eigenvalue weighted by atomic mass is 35.5. The zero-order valence-corrected chi connectivity index (χ0v) is 13.0. The Bertz CT molecular complexity index is 528. The summed E-state index contributed by atoms with van der Waals surface area (Å²) in [4.78, 5) is 27.4. The van der Waals surface area contributed by atoms with Crippen LogP contribution in [0.1, 0.15) is 37.6 Å². The molecule has 0 aliphatic carbocycles. The van der Waals surface area contributed by atoms with E-state index in [1.54, 1.807) is 0 Å². The molecular formula is C13H20ClN5O2. The summed E-state index contributed by atoms with van der Waals surface area (Å²) >= 11 is 5.78. The number of rotatable bonds is 5. The van der Waals surface area contributed by atoms with Gasteiger partial charge in [-0.15, -0.1) is 0 Å². The van der Waals surface area contributed by atoms with Crippen LogP contribution in [0, 0.1) is 0 Å². The van der Waals surface area contributed by atoms with E-state index in [0.717, 1.165) is 0 Å². The van der Waals surface area contributed by atoms with Crippen LogP contribution in [-0.2, 0) is 4.79 Å². The van der Waals surface area contributed by atoms with Crippen LogP contribution >= 0.6 is 11.6 Å². The van der Waals surface area contributed by atoms with Crippen LogP contribution in [0.15, 0.2) is 12.1 Å². The van der Waals surface area contributed by atoms with E-state index in [0.29, 0.717) is 5.56 Å². The van der Waals surface area contributed by atoms with Gasteiger partial charge in [-0.2, -0.15) is 0 Å². The van der Waals surface area contributed by atoms with E-state index in [2.05, 4.69) is 21.0 Å². The van der Waals surface area contributed by atoms with Gasteiger partial charge in [-0.25, -0.2) is 10.8 Å². The molecule has 0 spiro atoms. The van der Waals surface area contributed by atoms with Gasteiger partial charge in [0.05, 0.1) is 0 Å². The SMILES string of the molecule is CC(C)(C)NC(=O)CCNC(=O)c1cc(Cl)nc(NN)c1. The van der Waals surface area contributed by atoms with Crippen molar-refractivity contribution >= 4 is 29.2 Å². The number of hydrogen-bond acceptors (Lipinski definition) is 5. The van der Waals surface area contributed by atoms with Crippen LogP contribution in [0.4, 0.5) is 5.82 Å². The molecule has 0 aliphatic rings. The number of nitrogens with two attached hydrogens (primary N) is 1. The first-order valence-corrected chi connectivity index (χ1v) is 6.82. The lowest BCUT2D eigenvalue weighted by molar-refractivity contribution is -0.122. The van der Waals surface area contributed by atoms with Crippen LogP contribution in [-0.4, -0.2) is 28.9 Å². The number of hydrazine groups is 1. The molecule has 0 aromatic carbocycles. The van der Waals surface area contributed by atoms with Crippen LogP contribution in [0.5, 0.6) is 0 Å². The van der Waals surface area contributed by atoms with E-state index in [1.165, 1.54) is 12.1 Å². The van der Waals surface area contributed by atoms with Crippen molar-refractivity contribution in [1.82, 2.24) is 15.6 Å². The minimum atomic E-state index is -0.348. The summed E-state index contributed by atoms with van der Waals surface area (Å²) in [5.74, 6) is 5.05. The zero-order valence-electron chi connectivity index (χ0n) is 12.3. The molecule has 8 heteroatoms. The Kier molecular flexibility index (Phi) is 5.92. The topological polar surface area (TPSA) is 109 Å². The fourth-order valence-corrected chi connectivity index (χ4v) is 1.78. The van der Waals surface area contributed by atoms with Gasteiger partial charge in [-0.3, -0.25) is 9.59 Å². The van der Waals surface area contributed by atoms with Gasteiger partial charge in [-0.05, 0) is 32.9 Å². The Morgan fingerprint density at radius 3 is 2.57 bits per heavy atom. The van der Waals surface area contributed by atoms with Crippen LogP contribution in [0.3, 0.4) is 0 Å². The van der Waals surface area contributed by atoms with Crippen LogP contribution < -0.4 is 21.9 Å². The number of carbonyl (C=O) groups excluding carboxylic acids is 2. The highest BCUT2D eigenvalue weighted by Crippen LogP contribution is 2.13. The Morgan fingerprint density at radius 2 is 2.00 bits per heavy atom. The Labute approximate surface area is 128 Å². The van der Waals surface area contributed by atoms with Gasteiger partial charge in [0, 0.05) is 24.1 Å². The minimum absolute atomic E-state index is 0.125. The summed E-state index contributed by atoms with van der Waals surface area (Å²) in [6.45, 7) is 5.91. The van der Waals surface area contributed by atoms with Crippen molar-refractivity contribution in [3.8, 4) is 0 Å². The number of anilines is 1. The molecule has 5 N–H and O–H groups in total. The number of carbonyl (C=O) groups is 2. The standard InChI is InChI=1S/C13H20ClN5O2/c1-13(2,3)18-11(20)4-5-16-12(21)8-6-9(14)17-10(7-8)19-15/h6-7H,4-5,15H2,1-3H3,(H,16,21)(H,17,19)(H,18,20). The van der Waals surface area contributed by atoms with Gasteiger partial charge in [0.25, 0.3) is 5.91 Å². The number of nitrogens with zero attached hydrogens (tertiary/aromatic N) is 1. The van der Waals surface area contributed by atoms with Gasteiger partial charge in [0.2, 0.25) is 5.91 Å². The molecule has 0 fully saturated rings. The fourth-order valence-electron chi connectivity index (χ4n) is 1.57. The third-order valence-corrected chi connectivity index (χ3v) is 2.55. The second kappa shape index (κ2) is 7.24. The fraction of sp³-hybridized carbons (Fsp3) is 0.462. The van der Waals surface area contributed by atoms with Crippen molar-refractivity contribution in [1.29, 1.82) is 0 Å². The average molecular weight is 314 g/mol. The summed E-state index contributed by atoms with van der Waals surface area (Å²) in [5.41, 5.74) is 2.35. The molecule has 0 atom stereocenters. The lowest BCUT2D eigenvalue weighted by Gasteiger charge is -2.20. The maximum absolute atomic E-state index is 11.9. The van der Waals surface area contributed by atoms with E-state index in [1.807, 2.05) is 20.8 Å². The van der Waals surface area contributed by atoms with Crippen LogP contribution in [0.25, 0.3) is 0 Å². The number of nitrogen functional groups attached to an aromatic ring is 1. The number of halogens is 1. The Morgan fingerprint density at radius 1 is 1.33 bits per heavy atom. The van der Waals surface area contributed by atoms with Crippen molar-refractivity contribution in [2.75, 3.05) is 12.0 Å². The van der Waals surface area contributed by atoms with Gasteiger partial charge >= 0.3 is 0 Å². The number of nitrogens with one attached hydrogen (secondary N) is 3. The van der Waals surface area contributed by atoms with Crippen molar-refractivity contribution in [3.63, 3.8) is 0 Å². The highest BCUT2D eigenvalue weighted by Gasteiger charge is 2.14. The molecule has 2 amide bonds. The third kappa shape index (κ3) is 6.42. The number of pyridine rings is 1. The minimum Gasteiger partial charge on any atom is -0.352 e. The largest absolute Gasteiger partial charge is 0.352 e. The first-order valence-electron chi connectivity index (χ1n) is 6.44. The predicted molar refractivity (Wildman–Crippen MR) is 81.9 cm³/mol. The van der Waals surface area contributed by atoms with E-state index in [-0.39, 0.29) is 41.3 Å². The van der Waals surface area contributed by atoms with E-state index < -0.39 is 0 Å². The molecule has 1 aromatic rings. The number of amides is 2. The molecular weight excluding hydrogens is 294 g/mol. The Hall–Kier alpha value is -1.86. The summed E-state index contributed by atoms with van der Waals surface area (Å²) in [5, 5.41) is 5.61. The summed E-state index contributed by atoms with van der Waals surface area (Å²) in [6, 6.07) is 2.89. The van der Waals surface area contributed by atoms with Gasteiger partial charge < -0.3 is 16.1 Å². The van der Waals surface area contributed by atoms with Crippen molar-refractivity contribution in [3.05, 3.63) is 22.8 Å². The molecule has 1 rings (SSSR count). The first kappa shape index (κ1) is 17.2. The maximum Gasteiger partial charge on any atom is 0.251 e.